The summed E-state index contributed by atoms with van der Waals surface area (Å²) in [6, 6.07) is 8.06. The van der Waals surface area contributed by atoms with E-state index in [2.05, 4.69) is 30.0 Å². The molecule has 1 aromatic carbocycles. The van der Waals surface area contributed by atoms with Gasteiger partial charge in [-0.3, -0.25) is 9.80 Å². The van der Waals surface area contributed by atoms with Crippen LogP contribution >= 0.6 is 0 Å². The molecule has 0 bridgehead atoms. The number of hydrogen-bond acceptors (Lipinski definition) is 5. The third-order valence-corrected chi connectivity index (χ3v) is 7.17. The maximum absolute atomic E-state index is 13.6. The number of halogens is 1. The number of aromatic nitrogens is 4. The van der Waals surface area contributed by atoms with Crippen LogP contribution < -0.4 is 0 Å². The third-order valence-electron chi connectivity index (χ3n) is 7.17. The van der Waals surface area contributed by atoms with Crippen molar-refractivity contribution in [1.82, 2.24) is 30.0 Å². The van der Waals surface area contributed by atoms with Gasteiger partial charge in [0, 0.05) is 32.2 Å². The average molecular weight is 399 g/mol. The molecular formula is C22H31FN6. The van der Waals surface area contributed by atoms with Crippen LogP contribution in [-0.2, 0) is 0 Å². The molecule has 0 amide bonds. The lowest BCUT2D eigenvalue weighted by Crippen LogP contribution is -2.51. The van der Waals surface area contributed by atoms with Gasteiger partial charge in [0.15, 0.2) is 5.82 Å². The molecule has 1 atom stereocenters. The second-order valence-electron chi connectivity index (χ2n) is 8.88. The molecule has 2 aliphatic carbocycles. The normalized spacial score (nSPS) is 23.8. The van der Waals surface area contributed by atoms with E-state index in [1.807, 2.05) is 12.1 Å². The standard InChI is InChI=1S/C22H31FN6/c23-18-11-9-17(10-12-18)21(22-24-25-26-29(22)20-7-3-4-8-20)28-15-13-27(14-16-28)19-5-1-2-6-19/h9-12,19-21H,1-8,13-16H2/t21-/m1/s1. The van der Waals surface area contributed by atoms with Crippen molar-refractivity contribution in [1.29, 1.82) is 0 Å². The molecule has 2 saturated carbocycles. The van der Waals surface area contributed by atoms with Crippen LogP contribution in [0.5, 0.6) is 0 Å². The first-order valence-electron chi connectivity index (χ1n) is 11.3. The summed E-state index contributed by atoms with van der Waals surface area (Å²) in [6.07, 6.45) is 10.2. The molecule has 3 aliphatic rings. The van der Waals surface area contributed by atoms with Gasteiger partial charge in [0.25, 0.3) is 0 Å². The van der Waals surface area contributed by atoms with E-state index in [1.54, 1.807) is 12.1 Å². The predicted octanol–water partition coefficient (Wildman–Crippen LogP) is 3.58. The fourth-order valence-corrected chi connectivity index (χ4v) is 5.59. The zero-order chi connectivity index (χ0) is 19.6. The van der Waals surface area contributed by atoms with Crippen LogP contribution in [0.15, 0.2) is 24.3 Å². The van der Waals surface area contributed by atoms with Gasteiger partial charge in [-0.2, -0.15) is 0 Å². The van der Waals surface area contributed by atoms with Crippen molar-refractivity contribution in [2.45, 2.75) is 69.5 Å². The Bertz CT molecular complexity index is 786. The summed E-state index contributed by atoms with van der Waals surface area (Å²) in [6.45, 7) is 4.17. The molecule has 3 fully saturated rings. The van der Waals surface area contributed by atoms with Crippen molar-refractivity contribution in [3.63, 3.8) is 0 Å². The molecule has 1 aromatic heterocycles. The van der Waals surface area contributed by atoms with Crippen LogP contribution in [0, 0.1) is 5.82 Å². The molecule has 6 nitrogen and oxygen atoms in total. The second kappa shape index (κ2) is 8.48. The van der Waals surface area contributed by atoms with Crippen LogP contribution in [0.25, 0.3) is 0 Å². The maximum Gasteiger partial charge on any atom is 0.173 e. The summed E-state index contributed by atoms with van der Waals surface area (Å²) in [5.41, 5.74) is 1.08. The van der Waals surface area contributed by atoms with Crippen molar-refractivity contribution in [2.75, 3.05) is 26.2 Å². The van der Waals surface area contributed by atoms with Gasteiger partial charge in [0.1, 0.15) is 5.82 Å². The first-order valence-corrected chi connectivity index (χ1v) is 11.3. The van der Waals surface area contributed by atoms with E-state index in [4.69, 9.17) is 0 Å². The molecule has 0 N–H and O–H groups in total. The topological polar surface area (TPSA) is 50.1 Å². The molecule has 0 spiro atoms. The van der Waals surface area contributed by atoms with Crippen LogP contribution in [0.1, 0.15) is 74.8 Å². The number of hydrogen-bond donors (Lipinski definition) is 0. The summed E-state index contributed by atoms with van der Waals surface area (Å²) in [7, 11) is 0. The molecule has 1 aliphatic heterocycles. The Kier molecular flexibility index (Phi) is 5.59. The molecule has 29 heavy (non-hydrogen) atoms. The summed E-state index contributed by atoms with van der Waals surface area (Å²) in [5, 5.41) is 12.9. The van der Waals surface area contributed by atoms with E-state index in [9.17, 15) is 4.39 Å². The lowest BCUT2D eigenvalue weighted by atomic mass is 10.0. The van der Waals surface area contributed by atoms with Crippen molar-refractivity contribution < 1.29 is 4.39 Å². The fourth-order valence-electron chi connectivity index (χ4n) is 5.59. The summed E-state index contributed by atoms with van der Waals surface area (Å²) < 4.78 is 15.7. The molecule has 2 aromatic rings. The van der Waals surface area contributed by atoms with Crippen molar-refractivity contribution in [2.24, 2.45) is 0 Å². The van der Waals surface area contributed by atoms with E-state index in [0.29, 0.717) is 6.04 Å². The lowest BCUT2D eigenvalue weighted by molar-refractivity contribution is 0.0764. The minimum Gasteiger partial charge on any atom is -0.298 e. The molecule has 156 valence electrons. The highest BCUT2D eigenvalue weighted by Gasteiger charge is 2.34. The number of benzene rings is 1. The minimum absolute atomic E-state index is 0.0167. The van der Waals surface area contributed by atoms with E-state index in [0.717, 1.165) is 56.5 Å². The van der Waals surface area contributed by atoms with Crippen LogP contribution in [-0.4, -0.2) is 62.2 Å². The van der Waals surface area contributed by atoms with Gasteiger partial charge in [0.05, 0.1) is 12.1 Å². The third kappa shape index (κ3) is 3.94. The molecule has 2 heterocycles. The van der Waals surface area contributed by atoms with Gasteiger partial charge in [-0.1, -0.05) is 37.8 Å². The lowest BCUT2D eigenvalue weighted by Gasteiger charge is -2.41. The van der Waals surface area contributed by atoms with E-state index in [1.165, 1.54) is 38.5 Å². The zero-order valence-electron chi connectivity index (χ0n) is 17.1. The Balaban J connectivity index is 1.41. The molecule has 0 unspecified atom stereocenters. The Morgan fingerprint density at radius 1 is 0.828 bits per heavy atom. The van der Waals surface area contributed by atoms with E-state index < -0.39 is 0 Å². The average Bonchev–Trinajstić information content (AvgIpc) is 3.52. The van der Waals surface area contributed by atoms with Crippen LogP contribution in [0.4, 0.5) is 4.39 Å². The highest BCUT2D eigenvalue weighted by atomic mass is 19.1. The van der Waals surface area contributed by atoms with Gasteiger partial charge < -0.3 is 0 Å². The van der Waals surface area contributed by atoms with Gasteiger partial charge >= 0.3 is 0 Å². The number of piperazine rings is 1. The predicted molar refractivity (Wildman–Crippen MR) is 109 cm³/mol. The quantitative estimate of drug-likeness (QED) is 0.771. The largest absolute Gasteiger partial charge is 0.298 e. The Morgan fingerprint density at radius 2 is 1.45 bits per heavy atom. The van der Waals surface area contributed by atoms with Gasteiger partial charge in [-0.05, 0) is 53.8 Å². The van der Waals surface area contributed by atoms with E-state index >= 15 is 0 Å². The number of nitrogens with zero attached hydrogens (tertiary/aromatic N) is 6. The molecule has 7 heteroatoms. The minimum atomic E-state index is -0.200. The van der Waals surface area contributed by atoms with Crippen LogP contribution in [0.2, 0.25) is 0 Å². The molecule has 0 radical (unpaired) electrons. The number of tetrazole rings is 1. The van der Waals surface area contributed by atoms with Gasteiger partial charge in [-0.25, -0.2) is 9.07 Å². The SMILES string of the molecule is Fc1ccc([C@H](c2nnnn2C2CCCC2)N2CCN(C3CCCC3)CC2)cc1. The van der Waals surface area contributed by atoms with Crippen molar-refractivity contribution >= 4 is 0 Å². The highest BCUT2D eigenvalue weighted by molar-refractivity contribution is 5.26. The van der Waals surface area contributed by atoms with E-state index in [-0.39, 0.29) is 11.9 Å². The zero-order valence-corrected chi connectivity index (χ0v) is 17.1. The Hall–Kier alpha value is -1.86. The smallest absolute Gasteiger partial charge is 0.173 e. The molecule has 1 saturated heterocycles. The second-order valence-corrected chi connectivity index (χ2v) is 8.88. The first kappa shape index (κ1) is 19.1. The summed E-state index contributed by atoms with van der Waals surface area (Å²) in [5.74, 6) is 0.715. The number of rotatable bonds is 5. The summed E-state index contributed by atoms with van der Waals surface area (Å²) >= 11 is 0. The maximum atomic E-state index is 13.6. The van der Waals surface area contributed by atoms with Gasteiger partial charge in [0.2, 0.25) is 0 Å². The highest BCUT2D eigenvalue weighted by Crippen LogP contribution is 2.35. The molecular weight excluding hydrogens is 367 g/mol. The Morgan fingerprint density at radius 3 is 2.10 bits per heavy atom. The van der Waals surface area contributed by atoms with Gasteiger partial charge in [-0.15, -0.1) is 5.10 Å². The summed E-state index contributed by atoms with van der Waals surface area (Å²) in [4.78, 5) is 5.17. The monoisotopic (exact) mass is 398 g/mol. The van der Waals surface area contributed by atoms with Crippen molar-refractivity contribution in [3.8, 4) is 0 Å². The molecule has 5 rings (SSSR count). The van der Waals surface area contributed by atoms with Crippen LogP contribution in [0.3, 0.4) is 0 Å². The Labute approximate surface area is 172 Å². The first-order chi connectivity index (χ1) is 14.3. The fraction of sp³-hybridized carbons (Fsp3) is 0.682. The van der Waals surface area contributed by atoms with Crippen molar-refractivity contribution in [3.05, 3.63) is 41.5 Å².